The highest BCUT2D eigenvalue weighted by Gasteiger charge is 2.31. The van der Waals surface area contributed by atoms with E-state index < -0.39 is 0 Å². The predicted molar refractivity (Wildman–Crippen MR) is 62.0 cm³/mol. The van der Waals surface area contributed by atoms with E-state index in [1.165, 1.54) is 12.8 Å². The first-order chi connectivity index (χ1) is 7.16. The van der Waals surface area contributed by atoms with E-state index >= 15 is 0 Å². The van der Waals surface area contributed by atoms with E-state index in [0.717, 1.165) is 18.9 Å². The summed E-state index contributed by atoms with van der Waals surface area (Å²) in [4.78, 5) is 12.2. The van der Waals surface area contributed by atoms with Crippen molar-refractivity contribution in [1.29, 1.82) is 0 Å². The van der Waals surface area contributed by atoms with Crippen LogP contribution in [0.4, 0.5) is 0 Å². The van der Waals surface area contributed by atoms with E-state index in [0.29, 0.717) is 11.4 Å². The van der Waals surface area contributed by atoms with Crippen LogP contribution in [0.3, 0.4) is 0 Å². The number of halogens is 1. The summed E-state index contributed by atoms with van der Waals surface area (Å²) in [5.41, 5.74) is 0. The molecule has 0 spiro atoms. The van der Waals surface area contributed by atoms with Gasteiger partial charge in [0, 0.05) is 11.4 Å². The Bertz CT molecular complexity index is 243. The second-order valence-corrected chi connectivity index (χ2v) is 5.85. The normalized spacial score (nSPS) is 32.7. The van der Waals surface area contributed by atoms with Gasteiger partial charge in [-0.2, -0.15) is 0 Å². The van der Waals surface area contributed by atoms with Crippen LogP contribution in [0.2, 0.25) is 0 Å². The molecule has 1 aliphatic heterocycles. The van der Waals surface area contributed by atoms with Gasteiger partial charge < -0.3 is 10.1 Å². The summed E-state index contributed by atoms with van der Waals surface area (Å²) < 4.78 is 5.38. The fourth-order valence-corrected chi connectivity index (χ4v) is 2.66. The first-order valence-electron chi connectivity index (χ1n) is 5.70. The molecule has 1 amide bonds. The average molecular weight is 276 g/mol. The predicted octanol–water partition coefficient (Wildman–Crippen LogP) is 1.70. The van der Waals surface area contributed by atoms with Crippen molar-refractivity contribution in [2.24, 2.45) is 11.8 Å². The Kier molecular flexibility index (Phi) is 3.67. The molecule has 0 aromatic carbocycles. The average Bonchev–Trinajstić information content (AvgIpc) is 2.97. The zero-order valence-corrected chi connectivity index (χ0v) is 10.6. The van der Waals surface area contributed by atoms with Gasteiger partial charge in [-0.05, 0) is 32.1 Å². The largest absolute Gasteiger partial charge is 0.378 e. The second-order valence-electron chi connectivity index (χ2n) is 4.68. The van der Waals surface area contributed by atoms with Gasteiger partial charge in [0.1, 0.15) is 0 Å². The van der Waals surface area contributed by atoms with Crippen LogP contribution in [0, 0.1) is 11.8 Å². The molecule has 0 aromatic rings. The first-order valence-corrected chi connectivity index (χ1v) is 6.61. The van der Waals surface area contributed by atoms with E-state index in [4.69, 9.17) is 4.74 Å². The second kappa shape index (κ2) is 4.83. The minimum absolute atomic E-state index is 0.0684. The van der Waals surface area contributed by atoms with E-state index in [2.05, 4.69) is 21.2 Å². The van der Waals surface area contributed by atoms with Crippen molar-refractivity contribution in [3.05, 3.63) is 0 Å². The lowest BCUT2D eigenvalue weighted by atomic mass is 10.1. The lowest BCUT2D eigenvalue weighted by Gasteiger charge is -2.12. The summed E-state index contributed by atoms with van der Waals surface area (Å²) in [6.45, 7) is 3.36. The Balaban J connectivity index is 1.67. The SMILES string of the molecule is CC1CC(C(=O)NCC(Br)C2CC2)CO1. The summed E-state index contributed by atoms with van der Waals surface area (Å²) in [6, 6.07) is 0. The Morgan fingerprint density at radius 1 is 1.60 bits per heavy atom. The summed E-state index contributed by atoms with van der Waals surface area (Å²) in [5, 5.41) is 3.00. The molecule has 1 aliphatic carbocycles. The number of rotatable bonds is 4. The van der Waals surface area contributed by atoms with Crippen LogP contribution < -0.4 is 5.32 Å². The molecule has 0 radical (unpaired) electrons. The van der Waals surface area contributed by atoms with Gasteiger partial charge in [-0.3, -0.25) is 4.79 Å². The molecule has 4 heteroatoms. The van der Waals surface area contributed by atoms with Gasteiger partial charge in [0.25, 0.3) is 0 Å². The maximum absolute atomic E-state index is 11.7. The maximum Gasteiger partial charge on any atom is 0.225 e. The highest BCUT2D eigenvalue weighted by molar-refractivity contribution is 9.09. The monoisotopic (exact) mass is 275 g/mol. The molecule has 0 bridgehead atoms. The van der Waals surface area contributed by atoms with Crippen molar-refractivity contribution in [2.75, 3.05) is 13.2 Å². The van der Waals surface area contributed by atoms with Crippen LogP contribution >= 0.6 is 15.9 Å². The number of nitrogens with one attached hydrogen (secondary N) is 1. The number of carbonyl (C=O) groups excluding carboxylic acids is 1. The Morgan fingerprint density at radius 2 is 2.33 bits per heavy atom. The standard InChI is InChI=1S/C11H18BrNO2/c1-7-4-9(6-15-7)11(14)13-5-10(12)8-2-3-8/h7-10H,2-6H2,1H3,(H,13,14). The lowest BCUT2D eigenvalue weighted by molar-refractivity contribution is -0.124. The Morgan fingerprint density at radius 3 is 2.87 bits per heavy atom. The highest BCUT2D eigenvalue weighted by Crippen LogP contribution is 2.36. The van der Waals surface area contributed by atoms with Crippen molar-refractivity contribution in [2.45, 2.75) is 37.1 Å². The third kappa shape index (κ3) is 3.18. The van der Waals surface area contributed by atoms with Crippen LogP contribution in [-0.4, -0.2) is 30.0 Å². The molecular formula is C11H18BrNO2. The summed E-state index contributed by atoms with van der Waals surface area (Å²) >= 11 is 3.61. The molecule has 3 atom stereocenters. The van der Waals surface area contributed by atoms with Gasteiger partial charge >= 0.3 is 0 Å². The fraction of sp³-hybridized carbons (Fsp3) is 0.909. The Labute approximate surface area is 99.1 Å². The molecular weight excluding hydrogens is 258 g/mol. The molecule has 2 fully saturated rings. The van der Waals surface area contributed by atoms with Crippen LogP contribution in [0.25, 0.3) is 0 Å². The molecule has 2 rings (SSSR count). The third-order valence-corrected chi connectivity index (χ3v) is 4.25. The first kappa shape index (κ1) is 11.4. The summed E-state index contributed by atoms with van der Waals surface area (Å²) in [7, 11) is 0. The van der Waals surface area contributed by atoms with Crippen molar-refractivity contribution in [3.63, 3.8) is 0 Å². The highest BCUT2D eigenvalue weighted by atomic mass is 79.9. The summed E-state index contributed by atoms with van der Waals surface area (Å²) in [5.74, 6) is 1.01. The van der Waals surface area contributed by atoms with Crippen LogP contribution in [0.5, 0.6) is 0 Å². The van der Waals surface area contributed by atoms with Gasteiger partial charge in [0.05, 0.1) is 18.6 Å². The molecule has 1 saturated heterocycles. The molecule has 86 valence electrons. The third-order valence-electron chi connectivity index (χ3n) is 3.17. The molecule has 2 aliphatic rings. The smallest absolute Gasteiger partial charge is 0.225 e. The van der Waals surface area contributed by atoms with Crippen molar-refractivity contribution < 1.29 is 9.53 Å². The lowest BCUT2D eigenvalue weighted by Crippen LogP contribution is -2.35. The van der Waals surface area contributed by atoms with Crippen molar-refractivity contribution in [3.8, 4) is 0 Å². The molecule has 1 N–H and O–H groups in total. The number of ether oxygens (including phenoxy) is 1. The van der Waals surface area contributed by atoms with E-state index in [9.17, 15) is 4.79 Å². The number of hydrogen-bond donors (Lipinski definition) is 1. The van der Waals surface area contributed by atoms with Gasteiger partial charge in [-0.15, -0.1) is 0 Å². The molecule has 0 aromatic heterocycles. The van der Waals surface area contributed by atoms with E-state index in [1.807, 2.05) is 6.92 Å². The van der Waals surface area contributed by atoms with Crippen LogP contribution in [0.15, 0.2) is 0 Å². The number of alkyl halides is 1. The van der Waals surface area contributed by atoms with E-state index in [1.54, 1.807) is 0 Å². The van der Waals surface area contributed by atoms with Gasteiger partial charge in [0.15, 0.2) is 0 Å². The van der Waals surface area contributed by atoms with Gasteiger partial charge in [0.2, 0.25) is 5.91 Å². The maximum atomic E-state index is 11.7. The fourth-order valence-electron chi connectivity index (χ4n) is 1.97. The molecule has 3 unspecified atom stereocenters. The van der Waals surface area contributed by atoms with Crippen LogP contribution in [-0.2, 0) is 9.53 Å². The minimum Gasteiger partial charge on any atom is -0.378 e. The van der Waals surface area contributed by atoms with Crippen molar-refractivity contribution >= 4 is 21.8 Å². The molecule has 1 saturated carbocycles. The van der Waals surface area contributed by atoms with E-state index in [-0.39, 0.29) is 17.9 Å². The van der Waals surface area contributed by atoms with Gasteiger partial charge in [-0.25, -0.2) is 0 Å². The molecule has 1 heterocycles. The van der Waals surface area contributed by atoms with Crippen molar-refractivity contribution in [1.82, 2.24) is 5.32 Å². The summed E-state index contributed by atoms with van der Waals surface area (Å²) in [6.07, 6.45) is 3.70. The van der Waals surface area contributed by atoms with Gasteiger partial charge in [-0.1, -0.05) is 15.9 Å². The number of hydrogen-bond acceptors (Lipinski definition) is 2. The zero-order chi connectivity index (χ0) is 10.8. The molecule has 15 heavy (non-hydrogen) atoms. The minimum atomic E-state index is 0.0684. The number of amides is 1. The molecule has 3 nitrogen and oxygen atoms in total. The quantitative estimate of drug-likeness (QED) is 0.794. The number of carbonyl (C=O) groups is 1. The topological polar surface area (TPSA) is 38.3 Å². The van der Waals surface area contributed by atoms with Crippen LogP contribution in [0.1, 0.15) is 26.2 Å². The zero-order valence-electron chi connectivity index (χ0n) is 9.04. The Hall–Kier alpha value is -0.0900.